The van der Waals surface area contributed by atoms with Crippen LogP contribution in [0.3, 0.4) is 0 Å². The Morgan fingerprint density at radius 3 is 2.29 bits per heavy atom. The molecule has 0 aliphatic rings. The van der Waals surface area contributed by atoms with Gasteiger partial charge in [0.15, 0.2) is 0 Å². The van der Waals surface area contributed by atoms with Gasteiger partial charge < -0.3 is 10.4 Å². The summed E-state index contributed by atoms with van der Waals surface area (Å²) in [6.45, 7) is 8.21. The van der Waals surface area contributed by atoms with Crippen LogP contribution in [0.1, 0.15) is 43.0 Å². The molecule has 4 heteroatoms. The second-order valence-corrected chi connectivity index (χ2v) is 11.9. The van der Waals surface area contributed by atoms with Gasteiger partial charge in [-0.2, -0.15) is 0 Å². The third kappa shape index (κ3) is 7.32. The molecule has 0 aliphatic carbocycles. The van der Waals surface area contributed by atoms with Crippen molar-refractivity contribution in [3.05, 3.63) is 29.8 Å². The van der Waals surface area contributed by atoms with Gasteiger partial charge in [-0.3, -0.25) is 0 Å². The average molecular weight is 308 g/mol. The third-order valence-corrected chi connectivity index (χ3v) is 7.36. The van der Waals surface area contributed by atoms with Gasteiger partial charge in [0.25, 0.3) is 0 Å². The maximum atomic E-state index is 10.8. The number of rotatable bonds is 10. The predicted molar refractivity (Wildman–Crippen MR) is 93.1 cm³/mol. The summed E-state index contributed by atoms with van der Waals surface area (Å²) in [5.41, 5.74) is 1.34. The highest BCUT2D eigenvalue weighted by Gasteiger charge is 2.18. The average Bonchev–Trinajstić information content (AvgIpc) is 2.44. The van der Waals surface area contributed by atoms with Crippen LogP contribution >= 0.6 is 0 Å². The zero-order valence-corrected chi connectivity index (χ0v) is 14.6. The molecule has 1 aromatic carbocycles. The van der Waals surface area contributed by atoms with Gasteiger partial charge in [-0.05, 0) is 30.7 Å². The van der Waals surface area contributed by atoms with Crippen LogP contribution in [0.4, 0.5) is 5.69 Å². The van der Waals surface area contributed by atoms with Gasteiger partial charge in [0.05, 0.1) is 5.56 Å². The van der Waals surface area contributed by atoms with E-state index in [0.717, 1.165) is 12.2 Å². The maximum absolute atomic E-state index is 10.8. The molecular formula is C17H29NO2Si. The molecule has 0 aliphatic heterocycles. The summed E-state index contributed by atoms with van der Waals surface area (Å²) in [5.74, 6) is -0.874. The molecule has 0 aromatic heterocycles. The molecule has 1 aromatic rings. The number of hydrogen-bond acceptors (Lipinski definition) is 2. The highest BCUT2D eigenvalue weighted by atomic mass is 28.3. The normalized spacial score (nSPS) is 11.4. The Kier molecular flexibility index (Phi) is 7.51. The van der Waals surface area contributed by atoms with Crippen molar-refractivity contribution < 1.29 is 9.90 Å². The molecule has 2 N–H and O–H groups in total. The number of aromatic carboxylic acids is 1. The second kappa shape index (κ2) is 8.88. The Labute approximate surface area is 129 Å². The number of carbonyl (C=O) groups is 1. The van der Waals surface area contributed by atoms with Crippen LogP contribution in [0.5, 0.6) is 0 Å². The molecule has 0 heterocycles. The number of anilines is 1. The van der Waals surface area contributed by atoms with Gasteiger partial charge in [0.1, 0.15) is 0 Å². The van der Waals surface area contributed by atoms with E-state index in [0.29, 0.717) is 5.56 Å². The van der Waals surface area contributed by atoms with E-state index in [2.05, 4.69) is 25.3 Å². The summed E-state index contributed by atoms with van der Waals surface area (Å²) in [6.07, 6.45) is 5.26. The fourth-order valence-electron chi connectivity index (χ4n) is 2.51. The highest BCUT2D eigenvalue weighted by molar-refractivity contribution is 6.77. The summed E-state index contributed by atoms with van der Waals surface area (Å²) >= 11 is 0. The van der Waals surface area contributed by atoms with Gasteiger partial charge >= 0.3 is 5.97 Å². The fourth-order valence-corrected chi connectivity index (χ4v) is 5.10. The largest absolute Gasteiger partial charge is 0.478 e. The van der Waals surface area contributed by atoms with E-state index in [1.807, 2.05) is 12.1 Å². The summed E-state index contributed by atoms with van der Waals surface area (Å²) in [4.78, 5) is 10.8. The van der Waals surface area contributed by atoms with Crippen LogP contribution in [0.15, 0.2) is 24.3 Å². The summed E-state index contributed by atoms with van der Waals surface area (Å²) in [6, 6.07) is 9.77. The summed E-state index contributed by atoms with van der Waals surface area (Å²) in [5, 5.41) is 12.2. The van der Waals surface area contributed by atoms with Crippen molar-refractivity contribution in [1.29, 1.82) is 0 Å². The first-order valence-corrected chi connectivity index (χ1v) is 11.4. The Bertz CT molecular complexity index is 429. The first-order chi connectivity index (χ1) is 9.94. The molecule has 0 radical (unpaired) electrons. The van der Waals surface area contributed by atoms with Crippen molar-refractivity contribution in [2.75, 3.05) is 11.9 Å². The topological polar surface area (TPSA) is 49.3 Å². The van der Waals surface area contributed by atoms with Gasteiger partial charge in [0.2, 0.25) is 0 Å². The Balaban J connectivity index is 2.25. The first kappa shape index (κ1) is 17.8. The van der Waals surface area contributed by atoms with Crippen molar-refractivity contribution in [1.82, 2.24) is 0 Å². The number of carboxylic acids is 1. The molecule has 3 nitrogen and oxygen atoms in total. The lowest BCUT2D eigenvalue weighted by Gasteiger charge is -2.22. The number of carboxylic acid groups (broad SMARTS) is 1. The number of benzene rings is 1. The first-order valence-electron chi connectivity index (χ1n) is 8.02. The minimum Gasteiger partial charge on any atom is -0.478 e. The quantitative estimate of drug-likeness (QED) is 0.468. The van der Waals surface area contributed by atoms with E-state index >= 15 is 0 Å². The van der Waals surface area contributed by atoms with Crippen LogP contribution in [0.25, 0.3) is 0 Å². The van der Waals surface area contributed by atoms with Crippen molar-refractivity contribution in [2.24, 2.45) is 0 Å². The molecule has 0 saturated heterocycles. The lowest BCUT2D eigenvalue weighted by molar-refractivity contribution is 0.0697. The van der Waals surface area contributed by atoms with E-state index in [9.17, 15) is 4.79 Å². The lowest BCUT2D eigenvalue weighted by atomic mass is 10.2. The van der Waals surface area contributed by atoms with Crippen molar-refractivity contribution >= 4 is 19.7 Å². The molecule has 0 amide bonds. The molecule has 0 saturated carbocycles. The zero-order valence-electron chi connectivity index (χ0n) is 13.6. The Morgan fingerprint density at radius 2 is 1.71 bits per heavy atom. The minimum absolute atomic E-state index is 0.338. The Morgan fingerprint density at radius 1 is 1.10 bits per heavy atom. The fraction of sp³-hybridized carbons (Fsp3) is 0.588. The molecule has 0 fully saturated rings. The van der Waals surface area contributed by atoms with E-state index < -0.39 is 14.0 Å². The van der Waals surface area contributed by atoms with Gasteiger partial charge in [-0.1, -0.05) is 51.4 Å². The number of hydrogen-bond donors (Lipinski definition) is 2. The molecule has 0 bridgehead atoms. The van der Waals surface area contributed by atoms with Gasteiger partial charge in [0, 0.05) is 20.3 Å². The number of unbranched alkanes of at least 4 members (excludes halogenated alkanes) is 2. The summed E-state index contributed by atoms with van der Waals surface area (Å²) in [7, 11) is -1.02. The minimum atomic E-state index is -1.02. The van der Waals surface area contributed by atoms with Crippen LogP contribution in [0, 0.1) is 0 Å². The molecule has 0 atom stereocenters. The molecular weight excluding hydrogens is 278 g/mol. The lowest BCUT2D eigenvalue weighted by Crippen LogP contribution is -2.25. The maximum Gasteiger partial charge on any atom is 0.335 e. The van der Waals surface area contributed by atoms with E-state index in [-0.39, 0.29) is 0 Å². The van der Waals surface area contributed by atoms with Gasteiger partial charge in [-0.25, -0.2) is 4.79 Å². The van der Waals surface area contributed by atoms with Crippen LogP contribution in [0.2, 0.25) is 25.2 Å². The monoisotopic (exact) mass is 307 g/mol. The molecule has 0 spiro atoms. The zero-order chi connectivity index (χ0) is 15.7. The Hall–Kier alpha value is -1.29. The van der Waals surface area contributed by atoms with Gasteiger partial charge in [-0.15, -0.1) is 0 Å². The van der Waals surface area contributed by atoms with Crippen molar-refractivity contribution in [3.63, 3.8) is 0 Å². The van der Waals surface area contributed by atoms with Crippen molar-refractivity contribution in [2.45, 2.75) is 57.8 Å². The molecule has 21 heavy (non-hydrogen) atoms. The molecule has 118 valence electrons. The van der Waals surface area contributed by atoms with E-state index in [1.165, 1.54) is 37.8 Å². The highest BCUT2D eigenvalue weighted by Crippen LogP contribution is 2.21. The van der Waals surface area contributed by atoms with Crippen molar-refractivity contribution in [3.8, 4) is 0 Å². The molecule has 0 unspecified atom stereocenters. The third-order valence-electron chi connectivity index (χ3n) is 3.95. The van der Waals surface area contributed by atoms with E-state index in [4.69, 9.17) is 5.11 Å². The smallest absolute Gasteiger partial charge is 0.335 e. The second-order valence-electron chi connectivity index (χ2n) is 6.53. The van der Waals surface area contributed by atoms with Crippen LogP contribution in [-0.2, 0) is 0 Å². The van der Waals surface area contributed by atoms with E-state index in [1.54, 1.807) is 12.1 Å². The standard InChI is InChI=1S/C17H29NO2Si/c1-4-5-6-13-21(2,3)14-7-12-18-16-10-8-15(9-11-16)17(19)20/h8-11,18H,4-7,12-14H2,1-3H3,(H,19,20). The van der Waals surface area contributed by atoms with Crippen LogP contribution in [-0.4, -0.2) is 25.7 Å². The predicted octanol–water partition coefficient (Wildman–Crippen LogP) is 5.09. The summed E-state index contributed by atoms with van der Waals surface area (Å²) < 4.78 is 0. The molecule has 1 rings (SSSR count). The van der Waals surface area contributed by atoms with Crippen LogP contribution < -0.4 is 5.32 Å². The number of nitrogens with one attached hydrogen (secondary N) is 1. The SMILES string of the molecule is CCCCC[Si](C)(C)CCCNc1ccc(C(=O)O)cc1.